The highest BCUT2D eigenvalue weighted by atomic mass is 19.1. The summed E-state index contributed by atoms with van der Waals surface area (Å²) in [6.45, 7) is 4.89. The van der Waals surface area contributed by atoms with Crippen LogP contribution in [0.1, 0.15) is 31.1 Å². The SMILES string of the molecule is CC(C)(C)OC(=O)Nc1cc(F)c(Oc2ccc(F)cc2)cc1C(=O)O. The molecule has 0 heterocycles. The second kappa shape index (κ2) is 7.38. The number of carbonyl (C=O) groups excluding carboxylic acids is 1. The number of aromatic carboxylic acids is 1. The largest absolute Gasteiger partial charge is 0.478 e. The Labute approximate surface area is 148 Å². The van der Waals surface area contributed by atoms with Gasteiger partial charge in [0.2, 0.25) is 0 Å². The minimum atomic E-state index is -1.40. The number of carboxylic acids is 1. The van der Waals surface area contributed by atoms with E-state index in [2.05, 4.69) is 5.32 Å². The van der Waals surface area contributed by atoms with Crippen LogP contribution in [0.15, 0.2) is 36.4 Å². The number of halogens is 2. The molecule has 2 N–H and O–H groups in total. The lowest BCUT2D eigenvalue weighted by molar-refractivity contribution is 0.0636. The average molecular weight is 365 g/mol. The van der Waals surface area contributed by atoms with Crippen LogP contribution in [0.5, 0.6) is 11.5 Å². The standard InChI is InChI=1S/C18H17F2NO5/c1-18(2,3)26-17(24)21-14-9-13(20)15(8-12(14)16(22)23)25-11-6-4-10(19)5-7-11/h4-9H,1-3H3,(H,21,24)(H,22,23). The lowest BCUT2D eigenvalue weighted by Gasteiger charge is -2.20. The van der Waals surface area contributed by atoms with Crippen molar-refractivity contribution in [3.63, 3.8) is 0 Å². The first kappa shape index (κ1) is 19.2. The Kier molecular flexibility index (Phi) is 5.44. The summed E-state index contributed by atoms with van der Waals surface area (Å²) in [6, 6.07) is 6.50. The van der Waals surface area contributed by atoms with Crippen LogP contribution in [0.25, 0.3) is 0 Å². The van der Waals surface area contributed by atoms with Gasteiger partial charge in [0.25, 0.3) is 0 Å². The van der Waals surface area contributed by atoms with E-state index in [0.717, 1.165) is 24.3 Å². The molecule has 0 saturated heterocycles. The minimum absolute atomic E-state index is 0.120. The third-order valence-electron chi connectivity index (χ3n) is 2.98. The van der Waals surface area contributed by atoms with E-state index < -0.39 is 34.9 Å². The van der Waals surface area contributed by atoms with Crippen LogP contribution in [0, 0.1) is 11.6 Å². The number of amides is 1. The highest BCUT2D eigenvalue weighted by molar-refractivity contribution is 5.99. The van der Waals surface area contributed by atoms with Crippen molar-refractivity contribution in [3.8, 4) is 11.5 Å². The van der Waals surface area contributed by atoms with E-state index in [9.17, 15) is 23.5 Å². The van der Waals surface area contributed by atoms with Gasteiger partial charge in [0.1, 0.15) is 17.2 Å². The maximum absolute atomic E-state index is 14.3. The van der Waals surface area contributed by atoms with Crippen LogP contribution in [0.3, 0.4) is 0 Å². The van der Waals surface area contributed by atoms with Gasteiger partial charge in [-0.05, 0) is 45.0 Å². The van der Waals surface area contributed by atoms with Gasteiger partial charge in [-0.1, -0.05) is 0 Å². The highest BCUT2D eigenvalue weighted by Crippen LogP contribution is 2.30. The first-order valence-electron chi connectivity index (χ1n) is 7.55. The van der Waals surface area contributed by atoms with Crippen LogP contribution in [-0.2, 0) is 4.74 Å². The fourth-order valence-electron chi connectivity index (χ4n) is 1.96. The van der Waals surface area contributed by atoms with E-state index >= 15 is 0 Å². The number of carboxylic acid groups (broad SMARTS) is 1. The van der Waals surface area contributed by atoms with Crippen molar-refractivity contribution in [3.05, 3.63) is 53.6 Å². The van der Waals surface area contributed by atoms with Crippen molar-refractivity contribution in [1.29, 1.82) is 0 Å². The monoisotopic (exact) mass is 365 g/mol. The summed E-state index contributed by atoms with van der Waals surface area (Å²) in [7, 11) is 0. The van der Waals surface area contributed by atoms with Crippen LogP contribution < -0.4 is 10.1 Å². The number of hydrogen-bond donors (Lipinski definition) is 2. The van der Waals surface area contributed by atoms with Gasteiger partial charge in [-0.25, -0.2) is 18.4 Å². The summed E-state index contributed by atoms with van der Waals surface area (Å²) in [5.41, 5.74) is -1.48. The Morgan fingerprint density at radius 3 is 2.23 bits per heavy atom. The summed E-state index contributed by atoms with van der Waals surface area (Å²) in [6.07, 6.45) is -0.924. The number of anilines is 1. The Balaban J connectivity index is 2.31. The Bertz CT molecular complexity index is 829. The van der Waals surface area contributed by atoms with Gasteiger partial charge in [-0.2, -0.15) is 0 Å². The zero-order chi connectivity index (χ0) is 19.5. The molecule has 0 radical (unpaired) electrons. The molecule has 2 aromatic rings. The molecule has 2 rings (SSSR count). The molecule has 8 heteroatoms. The van der Waals surface area contributed by atoms with Crippen molar-refractivity contribution < 1.29 is 33.0 Å². The van der Waals surface area contributed by atoms with Crippen LogP contribution in [-0.4, -0.2) is 22.8 Å². The molecule has 138 valence electrons. The van der Waals surface area contributed by atoms with Gasteiger partial charge >= 0.3 is 12.1 Å². The van der Waals surface area contributed by atoms with Crippen LogP contribution in [0.2, 0.25) is 0 Å². The molecule has 6 nitrogen and oxygen atoms in total. The molecule has 0 spiro atoms. The maximum atomic E-state index is 14.3. The van der Waals surface area contributed by atoms with E-state index in [4.69, 9.17) is 9.47 Å². The fourth-order valence-corrected chi connectivity index (χ4v) is 1.96. The first-order valence-corrected chi connectivity index (χ1v) is 7.55. The molecular formula is C18H17F2NO5. The second-order valence-corrected chi connectivity index (χ2v) is 6.32. The second-order valence-electron chi connectivity index (χ2n) is 6.32. The van der Waals surface area contributed by atoms with Gasteiger partial charge in [0.15, 0.2) is 11.6 Å². The molecule has 0 fully saturated rings. The predicted octanol–water partition coefficient (Wildman–Crippen LogP) is 4.80. The van der Waals surface area contributed by atoms with Crippen molar-refractivity contribution in [2.45, 2.75) is 26.4 Å². The topological polar surface area (TPSA) is 84.9 Å². The maximum Gasteiger partial charge on any atom is 0.412 e. The Hall–Kier alpha value is -3.16. The molecule has 2 aromatic carbocycles. The van der Waals surface area contributed by atoms with Crippen LogP contribution in [0.4, 0.5) is 19.3 Å². The van der Waals surface area contributed by atoms with Gasteiger partial charge in [-0.15, -0.1) is 0 Å². The molecular weight excluding hydrogens is 348 g/mol. The first-order chi connectivity index (χ1) is 12.0. The molecule has 0 aliphatic carbocycles. The smallest absolute Gasteiger partial charge is 0.412 e. The third kappa shape index (κ3) is 5.17. The van der Waals surface area contributed by atoms with Gasteiger partial charge < -0.3 is 14.6 Å². The number of benzene rings is 2. The minimum Gasteiger partial charge on any atom is -0.478 e. The van der Waals surface area contributed by atoms with Crippen molar-refractivity contribution in [2.75, 3.05) is 5.32 Å². The summed E-state index contributed by atoms with van der Waals surface area (Å²) in [5, 5.41) is 11.5. The van der Waals surface area contributed by atoms with Gasteiger partial charge in [0, 0.05) is 12.1 Å². The van der Waals surface area contributed by atoms with Crippen molar-refractivity contribution >= 4 is 17.7 Å². The molecule has 0 unspecified atom stereocenters. The van der Waals surface area contributed by atoms with Crippen LogP contribution >= 0.6 is 0 Å². The highest BCUT2D eigenvalue weighted by Gasteiger charge is 2.21. The molecule has 0 bridgehead atoms. The molecule has 0 aliphatic rings. The summed E-state index contributed by atoms with van der Waals surface area (Å²) < 4.78 is 37.4. The summed E-state index contributed by atoms with van der Waals surface area (Å²) in [5.74, 6) is -3.08. The number of nitrogens with one attached hydrogen (secondary N) is 1. The van der Waals surface area contributed by atoms with Crippen molar-refractivity contribution in [2.24, 2.45) is 0 Å². The number of hydrogen-bond acceptors (Lipinski definition) is 4. The normalized spacial score (nSPS) is 11.0. The third-order valence-corrected chi connectivity index (χ3v) is 2.98. The molecule has 0 atom stereocenters. The zero-order valence-electron chi connectivity index (χ0n) is 14.3. The Morgan fingerprint density at radius 1 is 1.08 bits per heavy atom. The lowest BCUT2D eigenvalue weighted by atomic mass is 10.1. The average Bonchev–Trinajstić information content (AvgIpc) is 2.49. The number of carbonyl (C=O) groups is 2. The molecule has 26 heavy (non-hydrogen) atoms. The van der Waals surface area contributed by atoms with E-state index in [0.29, 0.717) is 0 Å². The van der Waals surface area contributed by atoms with Crippen molar-refractivity contribution in [1.82, 2.24) is 0 Å². The van der Waals surface area contributed by atoms with Gasteiger partial charge in [-0.3, -0.25) is 5.32 Å². The lowest BCUT2D eigenvalue weighted by Crippen LogP contribution is -2.27. The predicted molar refractivity (Wildman–Crippen MR) is 89.7 cm³/mol. The molecule has 0 aromatic heterocycles. The quantitative estimate of drug-likeness (QED) is 0.813. The zero-order valence-corrected chi connectivity index (χ0v) is 14.3. The molecule has 0 saturated carbocycles. The summed E-state index contributed by atoms with van der Waals surface area (Å²) >= 11 is 0. The Morgan fingerprint density at radius 2 is 1.69 bits per heavy atom. The summed E-state index contributed by atoms with van der Waals surface area (Å²) in [4.78, 5) is 23.2. The molecule has 0 aliphatic heterocycles. The van der Waals surface area contributed by atoms with E-state index in [1.807, 2.05) is 0 Å². The fraction of sp³-hybridized carbons (Fsp3) is 0.222. The number of ether oxygens (including phenoxy) is 2. The number of rotatable bonds is 4. The van der Waals surface area contributed by atoms with E-state index in [1.165, 1.54) is 12.1 Å². The van der Waals surface area contributed by atoms with E-state index in [1.54, 1.807) is 20.8 Å². The van der Waals surface area contributed by atoms with Gasteiger partial charge in [0.05, 0.1) is 11.3 Å². The molecule has 1 amide bonds. The van der Waals surface area contributed by atoms with E-state index in [-0.39, 0.29) is 17.2 Å².